The summed E-state index contributed by atoms with van der Waals surface area (Å²) in [5.74, 6) is 2.45. The third-order valence-corrected chi connectivity index (χ3v) is 4.39. The van der Waals surface area contributed by atoms with Crippen molar-refractivity contribution in [3.05, 3.63) is 17.1 Å². The molecule has 0 atom stereocenters. The van der Waals surface area contributed by atoms with E-state index < -0.39 is 0 Å². The van der Waals surface area contributed by atoms with Gasteiger partial charge in [0.05, 0.1) is 38.2 Å². The van der Waals surface area contributed by atoms with E-state index in [1.54, 1.807) is 6.07 Å². The number of rotatable bonds is 9. The van der Waals surface area contributed by atoms with Gasteiger partial charge in [0.25, 0.3) is 0 Å². The first-order valence-corrected chi connectivity index (χ1v) is 9.62. The van der Waals surface area contributed by atoms with Crippen molar-refractivity contribution in [2.45, 2.75) is 40.5 Å². The quantitative estimate of drug-likeness (QED) is 0.595. The lowest BCUT2D eigenvalue weighted by Gasteiger charge is -2.30. The SMILES string of the molecule is CC(C)CCOc1cc([N+]#N)c(OCCC(C)C)c(N2CCOCC2)c1.[Cl-]. The molecular formula is C20H32ClN3O3. The highest BCUT2D eigenvalue weighted by Gasteiger charge is 2.27. The van der Waals surface area contributed by atoms with Gasteiger partial charge >= 0.3 is 5.69 Å². The van der Waals surface area contributed by atoms with Gasteiger partial charge in [0.1, 0.15) is 5.75 Å². The Morgan fingerprint density at radius 3 is 2.19 bits per heavy atom. The van der Waals surface area contributed by atoms with Crippen molar-refractivity contribution in [1.82, 2.24) is 0 Å². The molecule has 1 aromatic carbocycles. The van der Waals surface area contributed by atoms with Gasteiger partial charge < -0.3 is 31.5 Å². The van der Waals surface area contributed by atoms with Crippen LogP contribution in [0.1, 0.15) is 40.5 Å². The number of anilines is 1. The Balaban J connectivity index is 0.00000364. The Hall–Kier alpha value is -1.71. The van der Waals surface area contributed by atoms with Gasteiger partial charge in [-0.1, -0.05) is 27.7 Å². The predicted molar refractivity (Wildman–Crippen MR) is 104 cm³/mol. The Morgan fingerprint density at radius 2 is 1.63 bits per heavy atom. The van der Waals surface area contributed by atoms with Gasteiger partial charge in [-0.25, -0.2) is 0 Å². The molecule has 1 heterocycles. The zero-order valence-corrected chi connectivity index (χ0v) is 17.7. The number of morpholine rings is 1. The van der Waals surface area contributed by atoms with Gasteiger partial charge in [-0.3, -0.25) is 0 Å². The Bertz CT molecular complexity index is 611. The molecular weight excluding hydrogens is 366 g/mol. The molecule has 1 saturated heterocycles. The number of diazo groups is 1. The van der Waals surface area contributed by atoms with E-state index in [-0.39, 0.29) is 12.4 Å². The fourth-order valence-corrected chi connectivity index (χ4v) is 2.73. The molecule has 0 spiro atoms. The molecule has 7 heteroatoms. The number of halogens is 1. The van der Waals surface area contributed by atoms with Crippen LogP contribution < -0.4 is 26.8 Å². The van der Waals surface area contributed by atoms with E-state index in [0.717, 1.165) is 31.6 Å². The number of hydrogen-bond acceptors (Lipinski definition) is 5. The third kappa shape index (κ3) is 7.43. The highest BCUT2D eigenvalue weighted by Crippen LogP contribution is 2.42. The molecule has 0 bridgehead atoms. The predicted octanol–water partition coefficient (Wildman–Crippen LogP) is 1.86. The second kappa shape index (κ2) is 11.9. The van der Waals surface area contributed by atoms with Crippen molar-refractivity contribution in [2.75, 3.05) is 44.4 Å². The maximum Gasteiger partial charge on any atom is 0.432 e. The molecule has 0 aromatic heterocycles. The first kappa shape index (κ1) is 23.3. The Labute approximate surface area is 169 Å². The second-order valence-electron chi connectivity index (χ2n) is 7.55. The summed E-state index contributed by atoms with van der Waals surface area (Å²) in [6.45, 7) is 12.8. The molecule has 27 heavy (non-hydrogen) atoms. The minimum Gasteiger partial charge on any atom is -1.00 e. The van der Waals surface area contributed by atoms with E-state index in [9.17, 15) is 5.39 Å². The molecule has 6 nitrogen and oxygen atoms in total. The fraction of sp³-hybridized carbons (Fsp3) is 0.700. The van der Waals surface area contributed by atoms with E-state index in [4.69, 9.17) is 14.2 Å². The van der Waals surface area contributed by atoms with Crippen molar-refractivity contribution in [1.29, 1.82) is 5.39 Å². The minimum absolute atomic E-state index is 0. The molecule has 2 rings (SSSR count). The van der Waals surface area contributed by atoms with Crippen LogP contribution in [0.5, 0.6) is 11.5 Å². The van der Waals surface area contributed by atoms with Gasteiger partial charge in [0.2, 0.25) is 11.1 Å². The number of ether oxygens (including phenoxy) is 3. The summed E-state index contributed by atoms with van der Waals surface area (Å²) >= 11 is 0. The number of hydrogen-bond donors (Lipinski definition) is 0. The van der Waals surface area contributed by atoms with Gasteiger partial charge in [-0.05, 0) is 24.7 Å². The van der Waals surface area contributed by atoms with Crippen LogP contribution in [0.4, 0.5) is 11.4 Å². The van der Waals surface area contributed by atoms with E-state index in [2.05, 4.69) is 37.6 Å². The van der Waals surface area contributed by atoms with Crippen molar-refractivity contribution in [3.8, 4) is 11.5 Å². The fourth-order valence-electron chi connectivity index (χ4n) is 2.73. The average Bonchev–Trinajstić information content (AvgIpc) is 2.62. The first-order valence-electron chi connectivity index (χ1n) is 9.62. The topological polar surface area (TPSA) is 59.1 Å². The molecule has 0 aliphatic carbocycles. The van der Waals surface area contributed by atoms with Crippen molar-refractivity contribution in [3.63, 3.8) is 0 Å². The van der Waals surface area contributed by atoms with Crippen LogP contribution >= 0.6 is 0 Å². The van der Waals surface area contributed by atoms with E-state index in [1.807, 2.05) is 6.07 Å². The summed E-state index contributed by atoms with van der Waals surface area (Å²) in [5.41, 5.74) is 1.32. The maximum atomic E-state index is 9.53. The lowest BCUT2D eigenvalue weighted by molar-refractivity contribution is -0.00000794. The van der Waals surface area contributed by atoms with Gasteiger partial charge in [-0.15, -0.1) is 0 Å². The summed E-state index contributed by atoms with van der Waals surface area (Å²) < 4.78 is 17.4. The van der Waals surface area contributed by atoms with Crippen molar-refractivity contribution < 1.29 is 26.6 Å². The van der Waals surface area contributed by atoms with Crippen LogP contribution in [0.3, 0.4) is 0 Å². The molecule has 1 aliphatic heterocycles. The van der Waals surface area contributed by atoms with E-state index >= 15 is 0 Å². The summed E-state index contributed by atoms with van der Waals surface area (Å²) in [6.07, 6.45) is 1.92. The summed E-state index contributed by atoms with van der Waals surface area (Å²) in [6, 6.07) is 3.74. The third-order valence-electron chi connectivity index (χ3n) is 4.39. The summed E-state index contributed by atoms with van der Waals surface area (Å²) in [4.78, 5) is 5.67. The van der Waals surface area contributed by atoms with Crippen LogP contribution in [-0.4, -0.2) is 39.5 Å². The van der Waals surface area contributed by atoms with Gasteiger partial charge in [0, 0.05) is 19.2 Å². The minimum atomic E-state index is 0. The zero-order valence-electron chi connectivity index (χ0n) is 16.9. The molecule has 0 N–H and O–H groups in total. The molecule has 0 unspecified atom stereocenters. The van der Waals surface area contributed by atoms with Crippen LogP contribution in [-0.2, 0) is 4.74 Å². The molecule has 1 aromatic rings. The molecule has 1 fully saturated rings. The van der Waals surface area contributed by atoms with Crippen molar-refractivity contribution >= 4 is 11.4 Å². The maximum absolute atomic E-state index is 9.53. The van der Waals surface area contributed by atoms with Crippen LogP contribution in [0.25, 0.3) is 4.98 Å². The lowest BCUT2D eigenvalue weighted by atomic mass is 10.1. The summed E-state index contributed by atoms with van der Waals surface area (Å²) in [7, 11) is 0. The van der Waals surface area contributed by atoms with Gasteiger partial charge in [0.15, 0.2) is 4.98 Å². The Morgan fingerprint density at radius 1 is 1.04 bits per heavy atom. The van der Waals surface area contributed by atoms with Crippen LogP contribution in [0.2, 0.25) is 0 Å². The number of benzene rings is 1. The monoisotopic (exact) mass is 397 g/mol. The van der Waals surface area contributed by atoms with E-state index in [0.29, 0.717) is 55.4 Å². The van der Waals surface area contributed by atoms with Crippen molar-refractivity contribution in [2.24, 2.45) is 11.8 Å². The molecule has 152 valence electrons. The van der Waals surface area contributed by atoms with Gasteiger partial charge in [-0.2, -0.15) is 0 Å². The van der Waals surface area contributed by atoms with Crippen LogP contribution in [0.15, 0.2) is 12.1 Å². The standard InChI is InChI=1S/C20H32N3O3.ClH/c1-15(2)5-9-25-17-13-18(22-21)20(26-10-6-16(3)4)19(14-17)23-7-11-24-12-8-23;/h13-16H,5-12H2,1-4H3;1H/q+1;/p-1. The van der Waals surface area contributed by atoms with Crippen LogP contribution in [0, 0.1) is 17.2 Å². The smallest absolute Gasteiger partial charge is 0.432 e. The number of nitrogens with zero attached hydrogens (tertiary/aromatic N) is 3. The highest BCUT2D eigenvalue weighted by atomic mass is 35.5. The molecule has 0 amide bonds. The Kier molecular flexibility index (Phi) is 10.3. The molecule has 1 aliphatic rings. The molecule has 0 saturated carbocycles. The summed E-state index contributed by atoms with van der Waals surface area (Å²) in [5, 5.41) is 9.53. The highest BCUT2D eigenvalue weighted by molar-refractivity contribution is 5.75. The van der Waals surface area contributed by atoms with E-state index in [1.165, 1.54) is 0 Å². The zero-order chi connectivity index (χ0) is 18.9. The second-order valence-corrected chi connectivity index (χ2v) is 7.55. The molecule has 0 radical (unpaired) electrons. The first-order chi connectivity index (χ1) is 12.5. The largest absolute Gasteiger partial charge is 1.00 e. The average molecular weight is 398 g/mol. The lowest BCUT2D eigenvalue weighted by Crippen LogP contribution is -3.00. The normalized spacial score (nSPS) is 14.0.